The highest BCUT2D eigenvalue weighted by Crippen LogP contribution is 2.17. The number of hydrogen-bond acceptors (Lipinski definition) is 4. The van der Waals surface area contributed by atoms with Crippen molar-refractivity contribution in [1.82, 2.24) is 20.3 Å². The van der Waals surface area contributed by atoms with Crippen molar-refractivity contribution < 1.29 is 4.79 Å². The van der Waals surface area contributed by atoms with E-state index in [1.165, 1.54) is 6.20 Å². The monoisotopic (exact) mass is 340 g/mol. The molecular formula is C12H10BrClN4O. The molecule has 19 heavy (non-hydrogen) atoms. The summed E-state index contributed by atoms with van der Waals surface area (Å²) in [6, 6.07) is 3.37. The van der Waals surface area contributed by atoms with Gasteiger partial charge >= 0.3 is 0 Å². The van der Waals surface area contributed by atoms with E-state index in [-0.39, 0.29) is 11.1 Å². The third-order valence-electron chi connectivity index (χ3n) is 2.31. The summed E-state index contributed by atoms with van der Waals surface area (Å²) in [5.74, 6) is 0.365. The number of carbonyl (C=O) groups excluding carboxylic acids is 1. The molecule has 0 saturated carbocycles. The molecular weight excluding hydrogens is 332 g/mol. The van der Waals surface area contributed by atoms with E-state index < -0.39 is 0 Å². The smallest absolute Gasteiger partial charge is 0.254 e. The first-order valence-electron chi connectivity index (χ1n) is 5.44. The van der Waals surface area contributed by atoms with Crippen LogP contribution >= 0.6 is 27.5 Å². The summed E-state index contributed by atoms with van der Waals surface area (Å²) in [5, 5.41) is 2.90. The lowest BCUT2D eigenvalue weighted by atomic mass is 10.2. The maximum atomic E-state index is 12.0. The van der Waals surface area contributed by atoms with E-state index >= 15 is 0 Å². The Morgan fingerprint density at radius 3 is 3.00 bits per heavy atom. The maximum Gasteiger partial charge on any atom is 0.254 e. The highest BCUT2D eigenvalue weighted by Gasteiger charge is 2.12. The molecule has 2 heterocycles. The van der Waals surface area contributed by atoms with Crippen molar-refractivity contribution in [2.45, 2.75) is 13.5 Å². The lowest BCUT2D eigenvalue weighted by Gasteiger charge is -2.06. The minimum Gasteiger partial charge on any atom is -0.346 e. The Balaban J connectivity index is 2.07. The second-order valence-electron chi connectivity index (χ2n) is 3.77. The fourth-order valence-electron chi connectivity index (χ4n) is 1.45. The van der Waals surface area contributed by atoms with Gasteiger partial charge in [-0.25, -0.2) is 15.0 Å². The van der Waals surface area contributed by atoms with Crippen molar-refractivity contribution in [2.75, 3.05) is 0 Å². The third kappa shape index (κ3) is 3.71. The van der Waals surface area contributed by atoms with Gasteiger partial charge in [0.25, 0.3) is 5.91 Å². The standard InChI is InChI=1S/C12H10BrClN4O/c1-7-15-3-2-9(18-7)6-17-12(19)10-4-8(13)5-16-11(10)14/h2-5H,6H2,1H3,(H,17,19). The van der Waals surface area contributed by atoms with Gasteiger partial charge in [-0.15, -0.1) is 0 Å². The zero-order valence-electron chi connectivity index (χ0n) is 10.0. The first kappa shape index (κ1) is 13.9. The number of hydrogen-bond donors (Lipinski definition) is 1. The maximum absolute atomic E-state index is 12.0. The van der Waals surface area contributed by atoms with Crippen LogP contribution in [0, 0.1) is 6.92 Å². The topological polar surface area (TPSA) is 67.8 Å². The largest absolute Gasteiger partial charge is 0.346 e. The van der Waals surface area contributed by atoms with Crippen LogP contribution in [0.2, 0.25) is 5.15 Å². The van der Waals surface area contributed by atoms with Crippen LogP contribution in [-0.4, -0.2) is 20.9 Å². The van der Waals surface area contributed by atoms with Crippen LogP contribution < -0.4 is 5.32 Å². The molecule has 2 rings (SSSR count). The molecule has 0 spiro atoms. The van der Waals surface area contributed by atoms with Gasteiger partial charge in [-0.05, 0) is 35.0 Å². The van der Waals surface area contributed by atoms with Crippen LogP contribution in [0.3, 0.4) is 0 Å². The number of nitrogens with one attached hydrogen (secondary N) is 1. The average Bonchev–Trinajstić information content (AvgIpc) is 2.39. The molecule has 0 aliphatic carbocycles. The summed E-state index contributed by atoms with van der Waals surface area (Å²) in [6.45, 7) is 2.10. The fraction of sp³-hybridized carbons (Fsp3) is 0.167. The van der Waals surface area contributed by atoms with Crippen LogP contribution in [0.25, 0.3) is 0 Å². The van der Waals surface area contributed by atoms with Gasteiger partial charge in [0.15, 0.2) is 0 Å². The Kier molecular flexibility index (Phi) is 4.44. The summed E-state index contributed by atoms with van der Waals surface area (Å²) in [7, 11) is 0. The number of carbonyl (C=O) groups is 1. The first-order chi connectivity index (χ1) is 9.06. The summed E-state index contributed by atoms with van der Waals surface area (Å²) >= 11 is 9.13. The van der Waals surface area contributed by atoms with Crippen molar-refractivity contribution in [1.29, 1.82) is 0 Å². The Labute approximate surface area is 123 Å². The van der Waals surface area contributed by atoms with Gasteiger partial charge in [0, 0.05) is 16.9 Å². The van der Waals surface area contributed by atoms with Crippen LogP contribution in [0.4, 0.5) is 0 Å². The van der Waals surface area contributed by atoms with Crippen LogP contribution in [0.5, 0.6) is 0 Å². The van der Waals surface area contributed by atoms with E-state index in [1.807, 2.05) is 0 Å². The van der Waals surface area contributed by atoms with Crippen LogP contribution in [-0.2, 0) is 6.54 Å². The highest BCUT2D eigenvalue weighted by molar-refractivity contribution is 9.10. The van der Waals surface area contributed by atoms with Crippen LogP contribution in [0.1, 0.15) is 21.9 Å². The number of aryl methyl sites for hydroxylation is 1. The minimum atomic E-state index is -0.296. The van der Waals surface area contributed by atoms with Crippen molar-refractivity contribution in [2.24, 2.45) is 0 Å². The molecule has 0 aromatic carbocycles. The minimum absolute atomic E-state index is 0.166. The number of amides is 1. The Morgan fingerprint density at radius 2 is 2.26 bits per heavy atom. The van der Waals surface area contributed by atoms with E-state index in [4.69, 9.17) is 11.6 Å². The predicted molar refractivity (Wildman–Crippen MR) is 74.9 cm³/mol. The van der Waals surface area contributed by atoms with Gasteiger partial charge in [0.05, 0.1) is 17.8 Å². The van der Waals surface area contributed by atoms with Crippen molar-refractivity contribution in [3.8, 4) is 0 Å². The van der Waals surface area contributed by atoms with E-state index in [2.05, 4.69) is 36.2 Å². The van der Waals surface area contributed by atoms with Crippen molar-refractivity contribution >= 4 is 33.4 Å². The predicted octanol–water partition coefficient (Wildman–Crippen LogP) is 2.53. The molecule has 0 saturated heterocycles. The van der Waals surface area contributed by atoms with E-state index in [0.717, 1.165) is 5.69 Å². The SMILES string of the molecule is Cc1nccc(CNC(=O)c2cc(Br)cnc2Cl)n1. The van der Waals surface area contributed by atoms with Gasteiger partial charge in [-0.2, -0.15) is 0 Å². The van der Waals surface area contributed by atoms with Crippen molar-refractivity contribution in [3.63, 3.8) is 0 Å². The number of nitrogens with zero attached hydrogens (tertiary/aromatic N) is 3. The summed E-state index contributed by atoms with van der Waals surface area (Å²) in [6.07, 6.45) is 3.18. The molecule has 0 aliphatic rings. The molecule has 5 nitrogen and oxygen atoms in total. The Hall–Kier alpha value is -1.53. The zero-order chi connectivity index (χ0) is 13.8. The zero-order valence-corrected chi connectivity index (χ0v) is 12.4. The second kappa shape index (κ2) is 6.08. The molecule has 1 amide bonds. The van der Waals surface area contributed by atoms with Gasteiger partial charge in [0.2, 0.25) is 0 Å². The molecule has 98 valence electrons. The van der Waals surface area contributed by atoms with Crippen molar-refractivity contribution in [3.05, 3.63) is 51.2 Å². The second-order valence-corrected chi connectivity index (χ2v) is 5.04. The Bertz CT molecular complexity index is 620. The van der Waals surface area contributed by atoms with Gasteiger partial charge in [-0.3, -0.25) is 4.79 Å². The molecule has 0 bridgehead atoms. The Morgan fingerprint density at radius 1 is 1.47 bits per heavy atom. The first-order valence-corrected chi connectivity index (χ1v) is 6.61. The molecule has 0 radical (unpaired) electrons. The third-order valence-corrected chi connectivity index (χ3v) is 3.05. The summed E-state index contributed by atoms with van der Waals surface area (Å²) < 4.78 is 0.694. The van der Waals surface area contributed by atoms with E-state index in [9.17, 15) is 4.79 Å². The molecule has 2 aromatic heterocycles. The average molecular weight is 342 g/mol. The normalized spacial score (nSPS) is 10.3. The summed E-state index contributed by atoms with van der Waals surface area (Å²) in [4.78, 5) is 24.1. The van der Waals surface area contributed by atoms with Gasteiger partial charge < -0.3 is 5.32 Å². The highest BCUT2D eigenvalue weighted by atomic mass is 79.9. The fourth-order valence-corrected chi connectivity index (χ4v) is 1.97. The number of aromatic nitrogens is 3. The van der Waals surface area contributed by atoms with Gasteiger partial charge in [-0.1, -0.05) is 11.6 Å². The number of rotatable bonds is 3. The van der Waals surface area contributed by atoms with Gasteiger partial charge in [0.1, 0.15) is 11.0 Å². The van der Waals surface area contributed by atoms with Crippen LogP contribution in [0.15, 0.2) is 29.0 Å². The summed E-state index contributed by atoms with van der Waals surface area (Å²) in [5.41, 5.74) is 1.06. The number of pyridine rings is 1. The quantitative estimate of drug-likeness (QED) is 0.871. The number of halogens is 2. The molecule has 7 heteroatoms. The van der Waals surface area contributed by atoms with E-state index in [1.54, 1.807) is 25.3 Å². The molecule has 0 atom stereocenters. The molecule has 0 fully saturated rings. The lowest BCUT2D eigenvalue weighted by molar-refractivity contribution is 0.0950. The molecule has 0 unspecified atom stereocenters. The lowest BCUT2D eigenvalue weighted by Crippen LogP contribution is -2.24. The molecule has 2 aromatic rings. The molecule has 0 aliphatic heterocycles. The molecule has 1 N–H and O–H groups in total. The van der Waals surface area contributed by atoms with E-state index in [0.29, 0.717) is 22.4 Å².